The molecule has 0 bridgehead atoms. The van der Waals surface area contributed by atoms with Crippen molar-refractivity contribution in [1.82, 2.24) is 5.32 Å². The number of aliphatic hydroxyl groups excluding tert-OH is 2. The van der Waals surface area contributed by atoms with Crippen molar-refractivity contribution in [2.75, 3.05) is 13.2 Å². The number of ether oxygens (including phenoxy) is 1. The minimum atomic E-state index is -0.663. The predicted molar refractivity (Wildman–Crippen MR) is 324 cm³/mol. The molecule has 0 heterocycles. The second-order valence-corrected chi connectivity index (χ2v) is 23.5. The van der Waals surface area contributed by atoms with E-state index in [-0.39, 0.29) is 18.5 Å². The van der Waals surface area contributed by atoms with Crippen LogP contribution in [0.2, 0.25) is 0 Å². The molecule has 0 spiro atoms. The third-order valence-corrected chi connectivity index (χ3v) is 16.1. The Labute approximate surface area is 463 Å². The molecule has 3 N–H and O–H groups in total. The number of esters is 1. The zero-order valence-electron chi connectivity index (χ0n) is 50.4. The van der Waals surface area contributed by atoms with Crippen molar-refractivity contribution in [3.8, 4) is 0 Å². The number of allylic oxidation sites excluding steroid dienone is 2. The maximum absolute atomic E-state index is 12.5. The van der Waals surface area contributed by atoms with E-state index in [9.17, 15) is 19.8 Å². The molecule has 0 fully saturated rings. The van der Waals surface area contributed by atoms with Gasteiger partial charge in [-0.15, -0.1) is 0 Å². The standard InChI is InChI=1S/C68H133NO5/c1-3-5-7-9-11-13-15-17-19-20-26-30-34-38-42-46-50-54-58-62-68(73)74-63-59-55-51-47-43-39-35-31-28-25-23-21-22-24-27-29-33-37-41-45-49-53-57-61-67(72)69-65(64-70)66(71)60-56-52-48-44-40-36-32-18-16-14-12-10-8-6-4-2/h17,19,65-66,70-71H,3-16,18,20-64H2,1-2H3,(H,69,72)/b19-17-. The Bertz CT molecular complexity index is 1110. The lowest BCUT2D eigenvalue weighted by atomic mass is 10.0. The fourth-order valence-corrected chi connectivity index (χ4v) is 10.9. The molecule has 0 aliphatic heterocycles. The molecule has 440 valence electrons. The lowest BCUT2D eigenvalue weighted by Crippen LogP contribution is -2.45. The first-order chi connectivity index (χ1) is 36.5. The lowest BCUT2D eigenvalue weighted by molar-refractivity contribution is -0.143. The summed E-state index contributed by atoms with van der Waals surface area (Å²) in [4.78, 5) is 24.6. The van der Waals surface area contributed by atoms with Crippen LogP contribution in [0.15, 0.2) is 12.2 Å². The minimum absolute atomic E-state index is 0.0150. The number of unbranched alkanes of at least 4 members (excludes halogenated alkanes) is 51. The molecule has 2 atom stereocenters. The van der Waals surface area contributed by atoms with Gasteiger partial charge in [-0.2, -0.15) is 0 Å². The summed E-state index contributed by atoms with van der Waals surface area (Å²) in [6.45, 7) is 4.98. The fourth-order valence-electron chi connectivity index (χ4n) is 10.9. The molecule has 2 unspecified atom stereocenters. The van der Waals surface area contributed by atoms with Crippen LogP contribution in [0, 0.1) is 0 Å². The van der Waals surface area contributed by atoms with Crippen LogP contribution in [-0.2, 0) is 14.3 Å². The number of nitrogens with one attached hydrogen (secondary N) is 1. The van der Waals surface area contributed by atoms with Gasteiger partial charge in [0.05, 0.1) is 25.4 Å². The van der Waals surface area contributed by atoms with Crippen LogP contribution >= 0.6 is 0 Å². The molecular weight excluding hydrogens is 911 g/mol. The van der Waals surface area contributed by atoms with Gasteiger partial charge in [0.2, 0.25) is 5.91 Å². The van der Waals surface area contributed by atoms with Crippen molar-refractivity contribution >= 4 is 11.9 Å². The Morgan fingerprint density at radius 2 is 0.635 bits per heavy atom. The van der Waals surface area contributed by atoms with Gasteiger partial charge in [-0.05, 0) is 51.4 Å². The topological polar surface area (TPSA) is 95.9 Å². The van der Waals surface area contributed by atoms with Crippen molar-refractivity contribution in [1.29, 1.82) is 0 Å². The molecule has 6 heteroatoms. The number of aliphatic hydroxyl groups is 2. The predicted octanol–water partition coefficient (Wildman–Crippen LogP) is 21.6. The Balaban J connectivity index is 3.34. The molecule has 0 aromatic rings. The number of carbonyl (C=O) groups is 2. The highest BCUT2D eigenvalue weighted by Gasteiger charge is 2.20. The number of hydrogen-bond acceptors (Lipinski definition) is 5. The van der Waals surface area contributed by atoms with Gasteiger partial charge in [-0.25, -0.2) is 0 Å². The highest BCUT2D eigenvalue weighted by atomic mass is 16.5. The summed E-state index contributed by atoms with van der Waals surface area (Å²) in [5, 5.41) is 23.3. The first-order valence-corrected chi connectivity index (χ1v) is 33.9. The Hall–Kier alpha value is -1.40. The summed E-state index contributed by atoms with van der Waals surface area (Å²) >= 11 is 0. The van der Waals surface area contributed by atoms with E-state index < -0.39 is 12.1 Å². The van der Waals surface area contributed by atoms with Gasteiger partial charge in [-0.3, -0.25) is 9.59 Å². The molecule has 0 radical (unpaired) electrons. The van der Waals surface area contributed by atoms with Crippen molar-refractivity contribution in [3.05, 3.63) is 12.2 Å². The van der Waals surface area contributed by atoms with Gasteiger partial charge < -0.3 is 20.3 Å². The van der Waals surface area contributed by atoms with E-state index in [1.807, 2.05) is 0 Å². The quantitative estimate of drug-likeness (QED) is 0.0320. The summed E-state index contributed by atoms with van der Waals surface area (Å²) in [5.74, 6) is -0.0163. The second-order valence-electron chi connectivity index (χ2n) is 23.5. The second kappa shape index (κ2) is 64.1. The van der Waals surface area contributed by atoms with Crippen molar-refractivity contribution in [3.63, 3.8) is 0 Å². The fraction of sp³-hybridized carbons (Fsp3) is 0.941. The van der Waals surface area contributed by atoms with E-state index in [2.05, 4.69) is 31.3 Å². The number of carbonyl (C=O) groups excluding carboxylic acids is 2. The smallest absolute Gasteiger partial charge is 0.305 e. The van der Waals surface area contributed by atoms with Crippen LogP contribution in [0.5, 0.6) is 0 Å². The summed E-state index contributed by atoms with van der Waals surface area (Å²) in [7, 11) is 0. The Morgan fingerprint density at radius 3 is 0.959 bits per heavy atom. The molecule has 1 amide bonds. The number of rotatable bonds is 64. The largest absolute Gasteiger partial charge is 0.466 e. The SMILES string of the molecule is CCCCCCCC/C=C\CCCCCCCCCCCC(=O)OCCCCCCCCCCCCCCCCCCCCCCCCCC(=O)NC(CO)C(O)CCCCCCCCCCCCCCCCC. The van der Waals surface area contributed by atoms with E-state index in [0.29, 0.717) is 25.9 Å². The molecule has 0 aliphatic carbocycles. The zero-order chi connectivity index (χ0) is 53.6. The average Bonchev–Trinajstić information content (AvgIpc) is 3.40. The van der Waals surface area contributed by atoms with Crippen molar-refractivity contribution in [2.45, 2.75) is 398 Å². The van der Waals surface area contributed by atoms with Crippen LogP contribution < -0.4 is 5.32 Å². The molecule has 0 saturated heterocycles. The molecule has 0 aromatic carbocycles. The molecule has 6 nitrogen and oxygen atoms in total. The van der Waals surface area contributed by atoms with E-state index in [1.165, 1.54) is 315 Å². The summed E-state index contributed by atoms with van der Waals surface area (Å²) in [5.41, 5.74) is 0. The minimum Gasteiger partial charge on any atom is -0.466 e. The van der Waals surface area contributed by atoms with Gasteiger partial charge >= 0.3 is 5.97 Å². The van der Waals surface area contributed by atoms with Gasteiger partial charge in [-0.1, -0.05) is 334 Å². The van der Waals surface area contributed by atoms with E-state index in [4.69, 9.17) is 4.74 Å². The highest BCUT2D eigenvalue weighted by Crippen LogP contribution is 2.19. The summed E-state index contributed by atoms with van der Waals surface area (Å²) in [6.07, 6.45) is 78.1. The van der Waals surface area contributed by atoms with Crippen LogP contribution in [-0.4, -0.2) is 47.4 Å². The lowest BCUT2D eigenvalue weighted by Gasteiger charge is -2.22. The maximum Gasteiger partial charge on any atom is 0.305 e. The molecule has 0 aromatic heterocycles. The van der Waals surface area contributed by atoms with Crippen LogP contribution in [0.3, 0.4) is 0 Å². The molecule has 74 heavy (non-hydrogen) atoms. The van der Waals surface area contributed by atoms with Gasteiger partial charge in [0.15, 0.2) is 0 Å². The molecule has 0 saturated carbocycles. The van der Waals surface area contributed by atoms with Crippen LogP contribution in [0.4, 0.5) is 0 Å². The third kappa shape index (κ3) is 59.8. The first-order valence-electron chi connectivity index (χ1n) is 33.9. The van der Waals surface area contributed by atoms with Crippen LogP contribution in [0.25, 0.3) is 0 Å². The first kappa shape index (κ1) is 72.6. The Kier molecular flexibility index (Phi) is 62.9. The number of hydrogen-bond donors (Lipinski definition) is 3. The number of amides is 1. The van der Waals surface area contributed by atoms with Gasteiger partial charge in [0, 0.05) is 12.8 Å². The molecular formula is C68H133NO5. The highest BCUT2D eigenvalue weighted by molar-refractivity contribution is 5.76. The van der Waals surface area contributed by atoms with Crippen molar-refractivity contribution < 1.29 is 24.5 Å². The van der Waals surface area contributed by atoms with Crippen LogP contribution in [0.1, 0.15) is 386 Å². The molecule has 0 rings (SSSR count). The van der Waals surface area contributed by atoms with E-state index >= 15 is 0 Å². The summed E-state index contributed by atoms with van der Waals surface area (Å²) < 4.78 is 5.51. The van der Waals surface area contributed by atoms with Crippen molar-refractivity contribution in [2.24, 2.45) is 0 Å². The maximum atomic E-state index is 12.5. The Morgan fingerprint density at radius 1 is 0.365 bits per heavy atom. The average molecular weight is 1040 g/mol. The zero-order valence-corrected chi connectivity index (χ0v) is 50.4. The third-order valence-electron chi connectivity index (χ3n) is 16.1. The monoisotopic (exact) mass is 1040 g/mol. The van der Waals surface area contributed by atoms with Gasteiger partial charge in [0.25, 0.3) is 0 Å². The summed E-state index contributed by atoms with van der Waals surface area (Å²) in [6, 6.07) is -0.540. The van der Waals surface area contributed by atoms with Gasteiger partial charge in [0.1, 0.15) is 0 Å². The van der Waals surface area contributed by atoms with E-state index in [0.717, 1.165) is 38.5 Å². The molecule has 0 aliphatic rings. The normalized spacial score (nSPS) is 12.5. The van der Waals surface area contributed by atoms with E-state index in [1.54, 1.807) is 0 Å².